The maximum Gasteiger partial charge on any atom is 0.253 e. The van der Waals surface area contributed by atoms with Crippen LogP contribution in [0.4, 0.5) is 5.69 Å². The Morgan fingerprint density at radius 1 is 0.912 bits per heavy atom. The Hall–Kier alpha value is -3.72. The van der Waals surface area contributed by atoms with Crippen molar-refractivity contribution in [2.24, 2.45) is 0 Å². The Balaban J connectivity index is 1.46. The van der Waals surface area contributed by atoms with Crippen LogP contribution in [0, 0.1) is 0 Å². The number of amides is 4. The van der Waals surface area contributed by atoms with Crippen molar-refractivity contribution in [2.45, 2.75) is 38.0 Å². The molecule has 1 saturated heterocycles. The summed E-state index contributed by atoms with van der Waals surface area (Å²) in [4.78, 5) is 50.1. The Morgan fingerprint density at radius 2 is 1.56 bits per heavy atom. The van der Waals surface area contributed by atoms with Gasteiger partial charge in [0.25, 0.3) is 11.8 Å². The third-order valence-electron chi connectivity index (χ3n) is 5.33. The van der Waals surface area contributed by atoms with Crippen LogP contribution in [0.1, 0.15) is 18.1 Å². The molecule has 1 heterocycles. The number of hydrogen-bond acceptors (Lipinski definition) is 5. The van der Waals surface area contributed by atoms with E-state index in [0.717, 1.165) is 11.1 Å². The maximum atomic E-state index is 12.6. The highest BCUT2D eigenvalue weighted by atomic mass is 16.6. The molecular formula is C25H30N4O5. The molecule has 0 radical (unpaired) electrons. The molecule has 0 aliphatic carbocycles. The van der Waals surface area contributed by atoms with Crippen LogP contribution in [0.3, 0.4) is 0 Å². The standard InChI is InChI=1S/C25H30N4O5/c1-16(30)27-19-11-9-17(10-12-19)13-14-26-23(31)21-22(34-21)24(32)28-20(25(33)29(2)3)15-18-7-5-4-6-8-18/h4-12,20-22H,13-15H2,1-3H3,(H,26,31)(H,27,30)(H,28,32). The molecule has 34 heavy (non-hydrogen) atoms. The highest BCUT2D eigenvalue weighted by molar-refractivity contribution is 5.97. The minimum absolute atomic E-state index is 0.138. The quantitative estimate of drug-likeness (QED) is 0.449. The fourth-order valence-electron chi connectivity index (χ4n) is 3.52. The third-order valence-corrected chi connectivity index (χ3v) is 5.33. The Morgan fingerprint density at radius 3 is 2.18 bits per heavy atom. The molecule has 9 heteroatoms. The lowest BCUT2D eigenvalue weighted by atomic mass is 10.0. The highest BCUT2D eigenvalue weighted by Crippen LogP contribution is 2.23. The second-order valence-electron chi connectivity index (χ2n) is 8.38. The van der Waals surface area contributed by atoms with Gasteiger partial charge < -0.3 is 25.6 Å². The smallest absolute Gasteiger partial charge is 0.253 e. The number of carbonyl (C=O) groups excluding carboxylic acids is 4. The first kappa shape index (κ1) is 24.9. The number of likely N-dealkylation sites (N-methyl/N-ethyl adjacent to an activating group) is 1. The maximum absolute atomic E-state index is 12.6. The van der Waals surface area contributed by atoms with Crippen molar-refractivity contribution >= 4 is 29.3 Å². The number of nitrogens with zero attached hydrogens (tertiary/aromatic N) is 1. The molecule has 3 rings (SSSR count). The van der Waals surface area contributed by atoms with Crippen LogP contribution in [0.5, 0.6) is 0 Å². The number of anilines is 1. The van der Waals surface area contributed by atoms with Crippen molar-refractivity contribution in [1.82, 2.24) is 15.5 Å². The third kappa shape index (κ3) is 7.14. The predicted octanol–water partition coefficient (Wildman–Crippen LogP) is 0.887. The van der Waals surface area contributed by atoms with E-state index in [4.69, 9.17) is 4.74 Å². The summed E-state index contributed by atoms with van der Waals surface area (Å²) in [5, 5.41) is 8.20. The lowest BCUT2D eigenvalue weighted by molar-refractivity contribution is -0.134. The Bertz CT molecular complexity index is 1020. The van der Waals surface area contributed by atoms with Crippen LogP contribution in [-0.2, 0) is 36.8 Å². The van der Waals surface area contributed by atoms with Gasteiger partial charge in [-0.15, -0.1) is 0 Å². The zero-order chi connectivity index (χ0) is 24.7. The molecule has 3 unspecified atom stereocenters. The van der Waals surface area contributed by atoms with Crippen LogP contribution >= 0.6 is 0 Å². The summed E-state index contributed by atoms with van der Waals surface area (Å²) in [5.74, 6) is -1.22. The minimum atomic E-state index is -0.912. The lowest BCUT2D eigenvalue weighted by Gasteiger charge is -2.21. The molecule has 0 aromatic heterocycles. The Kier molecular flexibility index (Phi) is 8.37. The van der Waals surface area contributed by atoms with Gasteiger partial charge in [-0.1, -0.05) is 42.5 Å². The van der Waals surface area contributed by atoms with E-state index in [0.29, 0.717) is 25.1 Å². The molecule has 0 spiro atoms. The first-order chi connectivity index (χ1) is 16.2. The normalized spacial score (nSPS) is 17.3. The second kappa shape index (κ2) is 11.4. The monoisotopic (exact) mass is 466 g/mol. The molecule has 1 aliphatic heterocycles. The van der Waals surface area contributed by atoms with Gasteiger partial charge in [0.05, 0.1) is 0 Å². The van der Waals surface area contributed by atoms with Gasteiger partial charge in [-0.25, -0.2) is 0 Å². The van der Waals surface area contributed by atoms with Gasteiger partial charge in [0.2, 0.25) is 11.8 Å². The SMILES string of the molecule is CC(=O)Nc1ccc(CCNC(=O)C2OC2C(=O)NC(Cc2ccccc2)C(=O)N(C)C)cc1. The molecule has 2 aromatic rings. The molecule has 1 aliphatic rings. The van der Waals surface area contributed by atoms with E-state index in [1.807, 2.05) is 42.5 Å². The molecule has 4 amide bonds. The van der Waals surface area contributed by atoms with Crippen LogP contribution in [0.15, 0.2) is 54.6 Å². The molecule has 2 aromatic carbocycles. The summed E-state index contributed by atoms with van der Waals surface area (Å²) in [5.41, 5.74) is 2.62. The largest absolute Gasteiger partial charge is 0.353 e. The number of rotatable bonds is 10. The van der Waals surface area contributed by atoms with Crippen LogP contribution < -0.4 is 16.0 Å². The molecule has 0 saturated carbocycles. The second-order valence-corrected chi connectivity index (χ2v) is 8.38. The average molecular weight is 467 g/mol. The van der Waals surface area contributed by atoms with E-state index in [9.17, 15) is 19.2 Å². The molecule has 3 atom stereocenters. The average Bonchev–Trinajstić information content (AvgIpc) is 3.61. The van der Waals surface area contributed by atoms with E-state index in [-0.39, 0.29) is 17.7 Å². The number of carbonyl (C=O) groups is 4. The fourth-order valence-corrected chi connectivity index (χ4v) is 3.52. The molecule has 0 bridgehead atoms. The fraction of sp³-hybridized carbons (Fsp3) is 0.360. The van der Waals surface area contributed by atoms with Gasteiger partial charge >= 0.3 is 0 Å². The summed E-state index contributed by atoms with van der Waals surface area (Å²) in [6, 6.07) is 16.0. The zero-order valence-corrected chi connectivity index (χ0v) is 19.5. The molecule has 1 fully saturated rings. The number of benzene rings is 2. The van der Waals surface area contributed by atoms with Crippen LogP contribution in [0.25, 0.3) is 0 Å². The van der Waals surface area contributed by atoms with E-state index >= 15 is 0 Å². The van der Waals surface area contributed by atoms with Crippen molar-refractivity contribution in [2.75, 3.05) is 26.0 Å². The molecular weight excluding hydrogens is 436 g/mol. The number of nitrogens with one attached hydrogen (secondary N) is 3. The van der Waals surface area contributed by atoms with Crippen molar-refractivity contribution in [3.05, 3.63) is 65.7 Å². The van der Waals surface area contributed by atoms with E-state index in [1.54, 1.807) is 26.2 Å². The topological polar surface area (TPSA) is 120 Å². The highest BCUT2D eigenvalue weighted by Gasteiger charge is 2.50. The van der Waals surface area contributed by atoms with Gasteiger partial charge in [0.15, 0.2) is 12.2 Å². The molecule has 9 nitrogen and oxygen atoms in total. The summed E-state index contributed by atoms with van der Waals surface area (Å²) >= 11 is 0. The van der Waals surface area contributed by atoms with Crippen molar-refractivity contribution in [1.29, 1.82) is 0 Å². The lowest BCUT2D eigenvalue weighted by Crippen LogP contribution is -2.49. The molecule has 3 N–H and O–H groups in total. The van der Waals surface area contributed by atoms with Crippen LogP contribution in [-0.4, -0.2) is 67.4 Å². The van der Waals surface area contributed by atoms with Gasteiger partial charge in [0, 0.05) is 39.7 Å². The first-order valence-corrected chi connectivity index (χ1v) is 11.1. The van der Waals surface area contributed by atoms with Crippen molar-refractivity contribution < 1.29 is 23.9 Å². The minimum Gasteiger partial charge on any atom is -0.353 e. The van der Waals surface area contributed by atoms with E-state index in [1.165, 1.54) is 11.8 Å². The van der Waals surface area contributed by atoms with Gasteiger partial charge in [0.1, 0.15) is 6.04 Å². The van der Waals surface area contributed by atoms with E-state index in [2.05, 4.69) is 16.0 Å². The first-order valence-electron chi connectivity index (χ1n) is 11.1. The number of hydrogen-bond donors (Lipinski definition) is 3. The summed E-state index contributed by atoms with van der Waals surface area (Å²) in [6.45, 7) is 1.82. The van der Waals surface area contributed by atoms with Crippen molar-refractivity contribution in [3.8, 4) is 0 Å². The van der Waals surface area contributed by atoms with E-state index < -0.39 is 24.2 Å². The summed E-state index contributed by atoms with van der Waals surface area (Å²) < 4.78 is 5.30. The number of ether oxygens (including phenoxy) is 1. The predicted molar refractivity (Wildman–Crippen MR) is 127 cm³/mol. The zero-order valence-electron chi connectivity index (χ0n) is 19.5. The summed E-state index contributed by atoms with van der Waals surface area (Å²) in [6.07, 6.45) is -0.848. The molecule has 180 valence electrons. The van der Waals surface area contributed by atoms with Gasteiger partial charge in [-0.3, -0.25) is 19.2 Å². The number of epoxide rings is 1. The summed E-state index contributed by atoms with van der Waals surface area (Å²) in [7, 11) is 3.26. The van der Waals surface area contributed by atoms with Crippen LogP contribution in [0.2, 0.25) is 0 Å². The van der Waals surface area contributed by atoms with Gasteiger partial charge in [-0.2, -0.15) is 0 Å². The van der Waals surface area contributed by atoms with Crippen molar-refractivity contribution in [3.63, 3.8) is 0 Å². The van der Waals surface area contributed by atoms with Gasteiger partial charge in [-0.05, 0) is 29.7 Å². The Labute approximate surface area is 198 Å².